The standard InChI is InChI=1S/C55H87N11O10/c1-4-5-6-7-14-19-40(67)33-49(70)61-41(20-24-56)47(68)31-38-23-27-60-52(73)45(29-36-15-10-8-11-16-36)64-51(72)39(34-59)32-48(69)42(21-25-57)62-54(75)44(28-35(2)3)65-55(76)46(30-37-17-12-9-13-18-37)66-53(74)43(22-26-58)63-50(38)71/h8-13,15-18,35,38-46,67H,4-7,14,19-34,56-59H2,1-3H3,(H,60,73)(H,61,70)(H,62,75)(H,63,71)(H,64,72)(H,65,76)(H,66,74)/t38-,39+,40-,41-,42+,43+,44+,45+,46-/m1/s1. The highest BCUT2D eigenvalue weighted by Crippen LogP contribution is 2.17. The number of nitrogens with one attached hydrogen (secondary N) is 7. The molecule has 0 saturated carbocycles. The Hall–Kier alpha value is -6.13. The summed E-state index contributed by atoms with van der Waals surface area (Å²) in [6.45, 7) is 5.13. The van der Waals surface area contributed by atoms with Gasteiger partial charge in [0.1, 0.15) is 24.2 Å². The van der Waals surface area contributed by atoms with E-state index in [0.29, 0.717) is 17.5 Å². The highest BCUT2D eigenvalue weighted by Gasteiger charge is 2.36. The van der Waals surface area contributed by atoms with Crippen LogP contribution in [0.1, 0.15) is 122 Å². The van der Waals surface area contributed by atoms with Crippen molar-refractivity contribution in [3.63, 3.8) is 0 Å². The van der Waals surface area contributed by atoms with Crippen LogP contribution in [0.15, 0.2) is 60.7 Å². The highest BCUT2D eigenvalue weighted by atomic mass is 16.3. The van der Waals surface area contributed by atoms with Crippen LogP contribution < -0.4 is 60.2 Å². The van der Waals surface area contributed by atoms with Crippen LogP contribution in [0.3, 0.4) is 0 Å². The molecule has 0 aliphatic carbocycles. The number of carbonyl (C=O) groups is 9. The van der Waals surface area contributed by atoms with Gasteiger partial charge in [-0.1, -0.05) is 114 Å². The minimum absolute atomic E-state index is 0.00900. The van der Waals surface area contributed by atoms with Gasteiger partial charge in [0.05, 0.1) is 30.5 Å². The van der Waals surface area contributed by atoms with Crippen LogP contribution >= 0.6 is 0 Å². The third-order valence-electron chi connectivity index (χ3n) is 13.4. The van der Waals surface area contributed by atoms with Gasteiger partial charge in [0.25, 0.3) is 0 Å². The maximum Gasteiger partial charge on any atom is 0.243 e. The van der Waals surface area contributed by atoms with E-state index in [1.807, 2.05) is 13.8 Å². The molecule has 9 atom stereocenters. The Labute approximate surface area is 448 Å². The lowest BCUT2D eigenvalue weighted by Gasteiger charge is -2.28. The second-order valence-corrected chi connectivity index (χ2v) is 20.3. The molecule has 21 nitrogen and oxygen atoms in total. The monoisotopic (exact) mass is 1060 g/mol. The lowest BCUT2D eigenvalue weighted by molar-refractivity contribution is -0.136. The summed E-state index contributed by atoms with van der Waals surface area (Å²) in [5, 5.41) is 29.8. The van der Waals surface area contributed by atoms with Crippen LogP contribution in [0.2, 0.25) is 0 Å². The summed E-state index contributed by atoms with van der Waals surface area (Å²) < 4.78 is 0. The number of aliphatic hydroxyl groups excluding tert-OH is 1. The van der Waals surface area contributed by atoms with Gasteiger partial charge in [0.2, 0.25) is 41.4 Å². The number of benzene rings is 2. The van der Waals surface area contributed by atoms with Crippen LogP contribution in [0.4, 0.5) is 0 Å². The average Bonchev–Trinajstić information content (AvgIpc) is 3.38. The zero-order valence-electron chi connectivity index (χ0n) is 44.8. The van der Waals surface area contributed by atoms with Crippen molar-refractivity contribution in [1.29, 1.82) is 0 Å². The average molecular weight is 1060 g/mol. The zero-order chi connectivity index (χ0) is 56.0. The van der Waals surface area contributed by atoms with Gasteiger partial charge < -0.3 is 65.3 Å². The Kier molecular flexibility index (Phi) is 29.8. The van der Waals surface area contributed by atoms with Gasteiger partial charge in [0, 0.05) is 44.7 Å². The quantitative estimate of drug-likeness (QED) is 0.0592. The van der Waals surface area contributed by atoms with Crippen LogP contribution in [0.25, 0.3) is 0 Å². The summed E-state index contributed by atoms with van der Waals surface area (Å²) in [4.78, 5) is 127. The molecule has 7 amide bonds. The number of hydrogen-bond donors (Lipinski definition) is 12. The summed E-state index contributed by atoms with van der Waals surface area (Å²) in [7, 11) is 0. The van der Waals surface area contributed by atoms with Gasteiger partial charge in [0.15, 0.2) is 11.6 Å². The number of aliphatic hydroxyl groups is 1. The molecule has 422 valence electrons. The van der Waals surface area contributed by atoms with E-state index < -0.39 is 120 Å². The SMILES string of the molecule is CCCCCCC[C@@H](O)CC(=O)N[C@H](CCN)C(=O)C[C@H]1CCNC(=O)[C@H](Cc2ccccc2)NC(=O)[C@H](CN)CC(=O)[C@H](CCN)NC(=O)[C@H](CC(C)C)NC(=O)[C@@H](Cc2ccccc2)NC(=O)[C@H](CCN)NC1=O. The van der Waals surface area contributed by atoms with E-state index in [1.165, 1.54) is 0 Å². The van der Waals surface area contributed by atoms with Crippen molar-refractivity contribution in [2.75, 3.05) is 32.7 Å². The molecule has 1 heterocycles. The molecule has 76 heavy (non-hydrogen) atoms. The molecule has 0 spiro atoms. The molecule has 0 aromatic heterocycles. The van der Waals surface area contributed by atoms with E-state index in [9.17, 15) is 48.3 Å². The van der Waals surface area contributed by atoms with Crippen molar-refractivity contribution in [2.24, 2.45) is 40.7 Å². The van der Waals surface area contributed by atoms with Crippen molar-refractivity contribution >= 4 is 52.9 Å². The third-order valence-corrected chi connectivity index (χ3v) is 13.4. The molecular weight excluding hydrogens is 975 g/mol. The van der Waals surface area contributed by atoms with Gasteiger partial charge in [-0.05, 0) is 75.2 Å². The van der Waals surface area contributed by atoms with Crippen molar-refractivity contribution in [3.8, 4) is 0 Å². The van der Waals surface area contributed by atoms with E-state index in [2.05, 4.69) is 44.1 Å². The molecule has 16 N–H and O–H groups in total. The molecule has 0 unspecified atom stereocenters. The minimum Gasteiger partial charge on any atom is -0.393 e. The largest absolute Gasteiger partial charge is 0.393 e. The summed E-state index contributed by atoms with van der Waals surface area (Å²) in [5.74, 6) is -8.62. The van der Waals surface area contributed by atoms with E-state index in [4.69, 9.17) is 22.9 Å². The second kappa shape index (κ2) is 35.2. The summed E-state index contributed by atoms with van der Waals surface area (Å²) in [6.07, 6.45) is 2.92. The molecule has 1 saturated heterocycles. The Morgan fingerprint density at radius 3 is 1.71 bits per heavy atom. The van der Waals surface area contributed by atoms with Crippen LogP contribution in [-0.4, -0.2) is 133 Å². The molecule has 1 aliphatic heterocycles. The number of ketones is 2. The van der Waals surface area contributed by atoms with Gasteiger partial charge in [-0.25, -0.2) is 0 Å². The fourth-order valence-electron chi connectivity index (χ4n) is 9.04. The van der Waals surface area contributed by atoms with Gasteiger partial charge in [-0.2, -0.15) is 0 Å². The zero-order valence-corrected chi connectivity index (χ0v) is 44.8. The van der Waals surface area contributed by atoms with Crippen LogP contribution in [-0.2, 0) is 56.0 Å². The maximum absolute atomic E-state index is 14.5. The second-order valence-electron chi connectivity index (χ2n) is 20.3. The molecule has 3 rings (SSSR count). The first-order chi connectivity index (χ1) is 36.4. The first kappa shape index (κ1) is 64.2. The van der Waals surface area contributed by atoms with Crippen molar-refractivity contribution in [2.45, 2.75) is 166 Å². The minimum atomic E-state index is -1.35. The molecular formula is C55H87N11O10. The number of unbranched alkanes of at least 4 members (excludes halogenated alkanes) is 4. The van der Waals surface area contributed by atoms with Gasteiger partial charge in [-0.3, -0.25) is 43.2 Å². The number of rotatable bonds is 25. The molecule has 2 aromatic rings. The summed E-state index contributed by atoms with van der Waals surface area (Å²) in [6, 6.07) is 10.2. The predicted molar refractivity (Wildman–Crippen MR) is 289 cm³/mol. The Morgan fingerprint density at radius 1 is 0.618 bits per heavy atom. The molecule has 1 aliphatic rings. The molecule has 0 radical (unpaired) electrons. The number of amides is 7. The van der Waals surface area contributed by atoms with Gasteiger partial charge in [-0.15, -0.1) is 0 Å². The van der Waals surface area contributed by atoms with E-state index in [-0.39, 0.29) is 90.0 Å². The number of carbonyl (C=O) groups excluding carboxylic acids is 9. The summed E-state index contributed by atoms with van der Waals surface area (Å²) in [5.41, 5.74) is 25.3. The lowest BCUT2D eigenvalue weighted by Crippen LogP contribution is -2.59. The number of hydrogen-bond acceptors (Lipinski definition) is 14. The Bertz CT molecular complexity index is 2150. The number of nitrogens with two attached hydrogens (primary N) is 4. The normalized spacial score (nSPS) is 22.8. The molecule has 2 aromatic carbocycles. The van der Waals surface area contributed by atoms with E-state index >= 15 is 0 Å². The van der Waals surface area contributed by atoms with E-state index in [1.54, 1.807) is 60.7 Å². The maximum atomic E-state index is 14.5. The first-order valence-corrected chi connectivity index (χ1v) is 27.1. The summed E-state index contributed by atoms with van der Waals surface area (Å²) >= 11 is 0. The van der Waals surface area contributed by atoms with Gasteiger partial charge >= 0.3 is 0 Å². The third kappa shape index (κ3) is 23.4. The smallest absolute Gasteiger partial charge is 0.243 e. The number of Topliss-reactive ketones (excluding diaryl/α,β-unsaturated/α-hetero) is 2. The Balaban J connectivity index is 2.10. The first-order valence-electron chi connectivity index (χ1n) is 27.1. The molecule has 21 heteroatoms. The van der Waals surface area contributed by atoms with Crippen LogP contribution in [0.5, 0.6) is 0 Å². The molecule has 1 fully saturated rings. The topological polar surface area (TPSA) is 362 Å². The fourth-order valence-corrected chi connectivity index (χ4v) is 9.04. The van der Waals surface area contributed by atoms with Crippen molar-refractivity contribution in [3.05, 3.63) is 71.8 Å². The van der Waals surface area contributed by atoms with Crippen molar-refractivity contribution in [1.82, 2.24) is 37.2 Å². The molecule has 0 bridgehead atoms. The van der Waals surface area contributed by atoms with E-state index in [0.717, 1.165) is 32.1 Å². The van der Waals surface area contributed by atoms with Crippen LogP contribution in [0, 0.1) is 17.8 Å². The highest BCUT2D eigenvalue weighted by molar-refractivity contribution is 5.98. The predicted octanol–water partition coefficient (Wildman–Crippen LogP) is 0.214. The lowest BCUT2D eigenvalue weighted by atomic mass is 9.92. The Morgan fingerprint density at radius 2 is 1.13 bits per heavy atom. The van der Waals surface area contributed by atoms with Crippen molar-refractivity contribution < 1.29 is 48.3 Å². The fraction of sp³-hybridized carbons (Fsp3) is 0.618.